The molecule has 39 heavy (non-hydrogen) atoms. The number of ether oxygens (including phenoxy) is 4. The number of alkyl halides is 8. The van der Waals surface area contributed by atoms with Crippen LogP contribution in [0.15, 0.2) is 0 Å². The van der Waals surface area contributed by atoms with Gasteiger partial charge in [-0.15, -0.1) is 0 Å². The Kier molecular flexibility index (Phi) is 22.5. The summed E-state index contributed by atoms with van der Waals surface area (Å²) in [7, 11) is 0. The maximum absolute atomic E-state index is 11.9. The van der Waals surface area contributed by atoms with Crippen LogP contribution in [0.5, 0.6) is 0 Å². The molecule has 20 heteroatoms. The first-order valence-electron chi connectivity index (χ1n) is 10.4. The van der Waals surface area contributed by atoms with Crippen LogP contribution < -0.4 is 10.6 Å². The van der Waals surface area contributed by atoms with Crippen molar-refractivity contribution in [2.24, 2.45) is 0 Å². The van der Waals surface area contributed by atoms with Crippen molar-refractivity contribution in [1.29, 1.82) is 0 Å². The molecule has 2 amide bonds. The molecule has 0 unspecified atom stereocenters. The van der Waals surface area contributed by atoms with Crippen LogP contribution in [0.3, 0.4) is 0 Å². The largest absolute Gasteiger partial charge is 0.461 e. The van der Waals surface area contributed by atoms with E-state index in [1.54, 1.807) is 6.92 Å². The summed E-state index contributed by atoms with van der Waals surface area (Å²) in [6, 6.07) is 0. The van der Waals surface area contributed by atoms with E-state index in [1.165, 1.54) is 6.92 Å². The van der Waals surface area contributed by atoms with Gasteiger partial charge < -0.3 is 29.6 Å². The number of rotatable bonds is 15. The Balaban J connectivity index is 0. The second-order valence-electron chi connectivity index (χ2n) is 6.77. The first kappa shape index (κ1) is 40.3. The fourth-order valence-corrected chi connectivity index (χ4v) is 2.31. The summed E-state index contributed by atoms with van der Waals surface area (Å²) < 4.78 is 19.0. The maximum atomic E-state index is 11.9. The van der Waals surface area contributed by atoms with Crippen LogP contribution in [0.2, 0.25) is 0 Å². The predicted molar refractivity (Wildman–Crippen MR) is 145 cm³/mol. The molecule has 0 saturated heterocycles. The zero-order chi connectivity index (χ0) is 30.8. The van der Waals surface area contributed by atoms with Crippen LogP contribution in [0.4, 0.5) is 0 Å². The highest BCUT2D eigenvalue weighted by Gasteiger charge is 2.38. The summed E-state index contributed by atoms with van der Waals surface area (Å²) in [5, 5.41) is 4.75. The molecule has 0 bridgehead atoms. The van der Waals surface area contributed by atoms with Crippen molar-refractivity contribution in [2.45, 2.75) is 51.6 Å². The molecular weight excluding hydrogens is 700 g/mol. The van der Waals surface area contributed by atoms with Gasteiger partial charge in [0.05, 0.1) is 0 Å². The van der Waals surface area contributed by atoms with Gasteiger partial charge in [-0.25, -0.2) is 19.2 Å². The van der Waals surface area contributed by atoms with Crippen molar-refractivity contribution >= 4 is 128 Å². The quantitative estimate of drug-likeness (QED) is 0.111. The normalized spacial score (nSPS) is 10.9. The Morgan fingerprint density at radius 3 is 1.15 bits per heavy atom. The number of nitrogens with one attached hydrogen (secondary N) is 2. The van der Waals surface area contributed by atoms with Gasteiger partial charge in [-0.2, -0.15) is 0 Å². The molecule has 0 aromatic heterocycles. The van der Waals surface area contributed by atoms with Gasteiger partial charge in [0, 0.05) is 12.8 Å². The van der Waals surface area contributed by atoms with Crippen LogP contribution >= 0.6 is 92.8 Å². The van der Waals surface area contributed by atoms with Crippen molar-refractivity contribution in [3.8, 4) is 0 Å². The van der Waals surface area contributed by atoms with E-state index >= 15 is 0 Å². The Bertz CT molecular complexity index is 770. The molecule has 0 aliphatic rings. The van der Waals surface area contributed by atoms with Gasteiger partial charge in [-0.1, -0.05) is 107 Å². The van der Waals surface area contributed by atoms with Crippen molar-refractivity contribution in [2.75, 3.05) is 26.6 Å². The van der Waals surface area contributed by atoms with Gasteiger partial charge >= 0.3 is 23.9 Å². The fraction of sp³-hybridized carbons (Fsp3) is 0.684. The summed E-state index contributed by atoms with van der Waals surface area (Å²) >= 11 is 42.7. The lowest BCUT2D eigenvalue weighted by atomic mass is 10.0. The van der Waals surface area contributed by atoms with Gasteiger partial charge in [0.2, 0.25) is 31.2 Å². The monoisotopic (exact) mass is 720 g/mol. The maximum Gasteiger partial charge on any atom is 0.341 e. The molecule has 0 atom stereocenters. The van der Waals surface area contributed by atoms with Crippen molar-refractivity contribution in [3.63, 3.8) is 0 Å². The Morgan fingerprint density at radius 2 is 0.872 bits per heavy atom. The van der Waals surface area contributed by atoms with E-state index in [1.807, 2.05) is 0 Å². The van der Waals surface area contributed by atoms with E-state index < -0.39 is 74.5 Å². The van der Waals surface area contributed by atoms with E-state index in [0.29, 0.717) is 6.42 Å². The minimum Gasteiger partial charge on any atom is -0.461 e. The van der Waals surface area contributed by atoms with E-state index in [0.717, 1.165) is 0 Å². The number of halogens is 8. The van der Waals surface area contributed by atoms with E-state index in [-0.39, 0.29) is 19.1 Å². The van der Waals surface area contributed by atoms with Gasteiger partial charge in [-0.3, -0.25) is 9.59 Å². The summed E-state index contributed by atoms with van der Waals surface area (Å²) in [6.07, 6.45) is 0.342. The third kappa shape index (κ3) is 19.8. The van der Waals surface area contributed by atoms with Crippen molar-refractivity contribution in [3.05, 3.63) is 0 Å². The first-order valence-corrected chi connectivity index (χ1v) is 13.9. The fourth-order valence-electron chi connectivity index (χ4n) is 1.81. The molecule has 0 aliphatic carbocycles. The van der Waals surface area contributed by atoms with Crippen LogP contribution in [-0.4, -0.2) is 87.1 Å². The Morgan fingerprint density at radius 1 is 0.564 bits per heavy atom. The average Bonchev–Trinajstić information content (AvgIpc) is 2.88. The molecule has 0 spiro atoms. The zero-order valence-corrected chi connectivity index (χ0v) is 26.2. The number of amides is 2. The second kappa shape index (κ2) is 21.8. The highest BCUT2D eigenvalue weighted by atomic mass is 35.5. The Hall–Kier alpha value is -0.860. The molecule has 0 fully saturated rings. The summed E-state index contributed by atoms with van der Waals surface area (Å²) in [5.74, 6) is -4.67. The molecule has 0 aromatic rings. The topological polar surface area (TPSA) is 163 Å². The summed E-state index contributed by atoms with van der Waals surface area (Å²) in [6.45, 7) is 1.14. The van der Waals surface area contributed by atoms with Crippen molar-refractivity contribution in [1.82, 2.24) is 10.6 Å². The molecule has 0 saturated carbocycles. The van der Waals surface area contributed by atoms with Crippen LogP contribution in [0.25, 0.3) is 0 Å². The van der Waals surface area contributed by atoms with Crippen LogP contribution in [-0.2, 0) is 47.7 Å². The molecule has 0 rings (SSSR count). The number of hydrogen-bond donors (Lipinski definition) is 2. The lowest BCUT2D eigenvalue weighted by molar-refractivity contribution is -0.157. The van der Waals surface area contributed by atoms with Gasteiger partial charge in [0.15, 0.2) is 6.73 Å². The number of carbonyl (C=O) groups is 6. The summed E-state index contributed by atoms with van der Waals surface area (Å²) in [5.41, 5.74) is -1.71. The van der Waals surface area contributed by atoms with Crippen LogP contribution in [0.1, 0.15) is 26.7 Å². The second-order valence-corrected chi connectivity index (χ2v) is 11.2. The SMILES string of the molecule is CCC(=O)NC(COC(=O)C(Cl)Cl)(COC(=O)C(Cl)Cl)COC(=O)C(Cl)Cl.CCC(=O)NCOC(=O)C(Cl)Cl. The summed E-state index contributed by atoms with van der Waals surface area (Å²) in [4.78, 5) is 61.9. The first-order chi connectivity index (χ1) is 18.0. The smallest absolute Gasteiger partial charge is 0.341 e. The number of hydrogen-bond acceptors (Lipinski definition) is 10. The minimum absolute atomic E-state index is 0.00645. The van der Waals surface area contributed by atoms with Gasteiger partial charge in [0.1, 0.15) is 25.4 Å². The Labute approximate surface area is 263 Å². The molecule has 226 valence electrons. The molecule has 12 nitrogen and oxygen atoms in total. The lowest BCUT2D eigenvalue weighted by Gasteiger charge is -2.33. The van der Waals surface area contributed by atoms with Crippen LogP contribution in [0, 0.1) is 0 Å². The molecule has 0 aliphatic heterocycles. The van der Waals surface area contributed by atoms with Gasteiger partial charge in [-0.05, 0) is 0 Å². The number of esters is 4. The molecule has 0 aromatic carbocycles. The predicted octanol–water partition coefficient (Wildman–Crippen LogP) is 3.11. The highest BCUT2D eigenvalue weighted by molar-refractivity contribution is 6.54. The third-order valence-electron chi connectivity index (χ3n) is 3.72. The number of carbonyl (C=O) groups excluding carboxylic acids is 6. The van der Waals surface area contributed by atoms with E-state index in [9.17, 15) is 28.8 Å². The molecule has 0 heterocycles. The molecular formula is C19H24Cl8N2O10. The standard InChI is InChI=1S/C13H15Cl6NO7.C6H9Cl2NO3/c1-2-6(21)20-13(3-25-10(22)7(14)15,4-26-11(23)8(16)17)5-27-12(24)9(18)19;1-2-4(10)9-3-12-6(11)5(7)8/h7-9H,2-5H2,1H3,(H,20,21);5H,2-3H2,1H3,(H,9,10). The van der Waals surface area contributed by atoms with E-state index in [2.05, 4.69) is 15.4 Å². The van der Waals surface area contributed by atoms with Gasteiger partial charge in [0.25, 0.3) is 0 Å². The van der Waals surface area contributed by atoms with E-state index in [4.69, 9.17) is 107 Å². The third-order valence-corrected chi connectivity index (χ3v) is 5.14. The van der Waals surface area contributed by atoms with Crippen molar-refractivity contribution < 1.29 is 47.7 Å². The molecule has 2 N–H and O–H groups in total. The minimum atomic E-state index is -1.71. The highest BCUT2D eigenvalue weighted by Crippen LogP contribution is 2.16. The lowest BCUT2D eigenvalue weighted by Crippen LogP contribution is -2.59. The zero-order valence-electron chi connectivity index (χ0n) is 20.2. The average molecular weight is 724 g/mol. The molecule has 0 radical (unpaired) electrons.